The predicted octanol–water partition coefficient (Wildman–Crippen LogP) is 1.35. The highest BCUT2D eigenvalue weighted by atomic mass is 32.2. The van der Waals surface area contributed by atoms with Crippen LogP contribution in [0.15, 0.2) is 58.3 Å². The Labute approximate surface area is 176 Å². The average molecular weight is 454 g/mol. The first-order valence-electron chi connectivity index (χ1n) is 9.16. The molecule has 1 aliphatic heterocycles. The monoisotopic (exact) mass is 453 g/mol. The quantitative estimate of drug-likeness (QED) is 0.706. The van der Waals surface area contributed by atoms with Crippen molar-refractivity contribution in [3.8, 4) is 5.75 Å². The van der Waals surface area contributed by atoms with Gasteiger partial charge in [-0.2, -0.15) is 8.61 Å². The fourth-order valence-corrected chi connectivity index (χ4v) is 5.95. The number of sulfonamides is 2. The third-order valence-electron chi connectivity index (χ3n) is 4.71. The van der Waals surface area contributed by atoms with Gasteiger partial charge in [-0.15, -0.1) is 0 Å². The number of benzene rings is 2. The molecule has 0 atom stereocenters. The van der Waals surface area contributed by atoms with Crippen molar-refractivity contribution >= 4 is 31.6 Å². The Morgan fingerprint density at radius 3 is 1.57 bits per heavy atom. The summed E-state index contributed by atoms with van der Waals surface area (Å²) in [6, 6.07) is 11.9. The highest BCUT2D eigenvalue weighted by Gasteiger charge is 2.33. The van der Waals surface area contributed by atoms with Crippen LogP contribution in [0.2, 0.25) is 0 Å². The van der Waals surface area contributed by atoms with E-state index in [0.717, 1.165) is 0 Å². The van der Waals surface area contributed by atoms with Crippen molar-refractivity contribution in [3.05, 3.63) is 48.5 Å². The highest BCUT2D eigenvalue weighted by Crippen LogP contribution is 2.24. The molecule has 0 spiro atoms. The molecule has 1 amide bonds. The topological polar surface area (TPSA) is 113 Å². The van der Waals surface area contributed by atoms with Crippen LogP contribution >= 0.6 is 0 Å². The smallest absolute Gasteiger partial charge is 0.243 e. The van der Waals surface area contributed by atoms with Crippen LogP contribution in [0.25, 0.3) is 0 Å². The summed E-state index contributed by atoms with van der Waals surface area (Å²) in [5.41, 5.74) is 0.497. The van der Waals surface area contributed by atoms with E-state index in [0.29, 0.717) is 11.4 Å². The summed E-state index contributed by atoms with van der Waals surface area (Å²) in [4.78, 5) is 11.3. The molecule has 162 valence electrons. The van der Waals surface area contributed by atoms with E-state index in [4.69, 9.17) is 4.74 Å². The summed E-state index contributed by atoms with van der Waals surface area (Å²) < 4.78 is 59.0. The van der Waals surface area contributed by atoms with Crippen molar-refractivity contribution in [1.29, 1.82) is 0 Å². The molecule has 0 aromatic heterocycles. The summed E-state index contributed by atoms with van der Waals surface area (Å²) >= 11 is 0. The molecule has 2 aromatic rings. The van der Waals surface area contributed by atoms with Gasteiger partial charge in [0.15, 0.2) is 0 Å². The van der Waals surface area contributed by atoms with Crippen LogP contribution in [0.1, 0.15) is 6.92 Å². The lowest BCUT2D eigenvalue weighted by molar-refractivity contribution is -0.114. The van der Waals surface area contributed by atoms with Gasteiger partial charge in [-0.3, -0.25) is 4.79 Å². The Morgan fingerprint density at radius 1 is 0.800 bits per heavy atom. The maximum absolute atomic E-state index is 12.9. The molecular weight excluding hydrogens is 430 g/mol. The summed E-state index contributed by atoms with van der Waals surface area (Å²) in [5.74, 6) is 0.300. The van der Waals surface area contributed by atoms with Gasteiger partial charge in [0.2, 0.25) is 26.0 Å². The second-order valence-corrected chi connectivity index (χ2v) is 10.6. The maximum Gasteiger partial charge on any atom is 0.243 e. The van der Waals surface area contributed by atoms with Crippen molar-refractivity contribution in [2.24, 2.45) is 0 Å². The molecule has 0 saturated carbocycles. The van der Waals surface area contributed by atoms with Crippen molar-refractivity contribution in [2.45, 2.75) is 16.7 Å². The molecule has 2 aromatic carbocycles. The molecule has 1 heterocycles. The molecule has 1 saturated heterocycles. The molecule has 9 nitrogen and oxygen atoms in total. The largest absolute Gasteiger partial charge is 0.497 e. The lowest BCUT2D eigenvalue weighted by Crippen LogP contribution is -2.50. The molecule has 0 aliphatic carbocycles. The van der Waals surface area contributed by atoms with Crippen molar-refractivity contribution in [3.63, 3.8) is 0 Å². The van der Waals surface area contributed by atoms with E-state index < -0.39 is 20.0 Å². The number of hydrogen-bond acceptors (Lipinski definition) is 6. The van der Waals surface area contributed by atoms with Crippen LogP contribution in [0.3, 0.4) is 0 Å². The molecule has 1 aliphatic rings. The number of amides is 1. The zero-order valence-corrected chi connectivity index (χ0v) is 18.2. The summed E-state index contributed by atoms with van der Waals surface area (Å²) in [7, 11) is -5.99. The standard InChI is InChI=1S/C19H23N3O6S2/c1-15(23)20-16-3-7-18(8-4-16)29(24,25)21-11-13-22(14-12-21)30(26,27)19-9-5-17(28-2)6-10-19/h3-10H,11-14H2,1-2H3,(H,20,23). The number of carbonyl (C=O) groups is 1. The number of hydrogen-bond donors (Lipinski definition) is 1. The minimum Gasteiger partial charge on any atom is -0.497 e. The lowest BCUT2D eigenvalue weighted by Gasteiger charge is -2.33. The van der Waals surface area contributed by atoms with Gasteiger partial charge < -0.3 is 10.1 Å². The normalized spacial score (nSPS) is 16.2. The van der Waals surface area contributed by atoms with Crippen LogP contribution in [0.5, 0.6) is 5.75 Å². The third kappa shape index (κ3) is 4.64. The summed E-state index contributed by atoms with van der Waals surface area (Å²) in [5, 5.41) is 2.58. The fourth-order valence-electron chi connectivity index (χ4n) is 3.11. The molecule has 0 radical (unpaired) electrons. The second kappa shape index (κ2) is 8.72. The zero-order valence-electron chi connectivity index (χ0n) is 16.6. The molecule has 1 N–H and O–H groups in total. The molecule has 30 heavy (non-hydrogen) atoms. The van der Waals surface area contributed by atoms with E-state index >= 15 is 0 Å². The summed E-state index contributed by atoms with van der Waals surface area (Å²) in [6.07, 6.45) is 0. The van der Waals surface area contributed by atoms with Crippen LogP contribution in [0, 0.1) is 0 Å². The second-order valence-electron chi connectivity index (χ2n) is 6.69. The van der Waals surface area contributed by atoms with Crippen LogP contribution < -0.4 is 10.1 Å². The number of methoxy groups -OCH3 is 1. The Kier molecular flexibility index (Phi) is 6.46. The van der Waals surface area contributed by atoms with E-state index in [9.17, 15) is 21.6 Å². The Morgan fingerprint density at radius 2 is 1.20 bits per heavy atom. The van der Waals surface area contributed by atoms with Gasteiger partial charge >= 0.3 is 0 Å². The van der Waals surface area contributed by atoms with Gasteiger partial charge in [-0.25, -0.2) is 16.8 Å². The number of piperazine rings is 1. The molecule has 0 bridgehead atoms. The van der Waals surface area contributed by atoms with Gasteiger partial charge in [-0.1, -0.05) is 0 Å². The molecule has 11 heteroatoms. The number of nitrogens with zero attached hydrogens (tertiary/aromatic N) is 2. The molecular formula is C19H23N3O6S2. The number of nitrogens with one attached hydrogen (secondary N) is 1. The SMILES string of the molecule is COc1ccc(S(=O)(=O)N2CCN(S(=O)(=O)c3ccc(NC(C)=O)cc3)CC2)cc1. The molecule has 3 rings (SSSR count). The lowest BCUT2D eigenvalue weighted by atomic mass is 10.3. The van der Waals surface area contributed by atoms with E-state index in [2.05, 4.69) is 5.32 Å². The number of ether oxygens (including phenoxy) is 1. The fraction of sp³-hybridized carbons (Fsp3) is 0.316. The Hall–Kier alpha value is -2.47. The van der Waals surface area contributed by atoms with E-state index in [-0.39, 0.29) is 41.9 Å². The Bertz CT molecular complexity index is 1110. The van der Waals surface area contributed by atoms with Crippen LogP contribution in [-0.2, 0) is 24.8 Å². The zero-order chi connectivity index (χ0) is 21.9. The first-order valence-corrected chi connectivity index (χ1v) is 12.0. The highest BCUT2D eigenvalue weighted by molar-refractivity contribution is 7.89. The van der Waals surface area contributed by atoms with Gasteiger partial charge in [0.1, 0.15) is 5.75 Å². The Balaban J connectivity index is 1.70. The van der Waals surface area contributed by atoms with Crippen molar-refractivity contribution in [1.82, 2.24) is 8.61 Å². The number of rotatable bonds is 6. The first-order chi connectivity index (χ1) is 14.1. The van der Waals surface area contributed by atoms with Crippen molar-refractivity contribution < 1.29 is 26.4 Å². The van der Waals surface area contributed by atoms with E-state index in [1.54, 1.807) is 12.1 Å². The first kappa shape index (κ1) is 22.2. The minimum atomic E-state index is -3.77. The number of anilines is 1. The van der Waals surface area contributed by atoms with Crippen LogP contribution in [-0.4, -0.2) is 64.6 Å². The van der Waals surface area contributed by atoms with Gasteiger partial charge in [0.05, 0.1) is 16.9 Å². The van der Waals surface area contributed by atoms with Gasteiger partial charge in [0.25, 0.3) is 0 Å². The summed E-state index contributed by atoms with van der Waals surface area (Å²) in [6.45, 7) is 1.57. The van der Waals surface area contributed by atoms with Gasteiger partial charge in [-0.05, 0) is 48.5 Å². The minimum absolute atomic E-state index is 0.0468. The number of carbonyl (C=O) groups excluding carboxylic acids is 1. The molecule has 1 fully saturated rings. The van der Waals surface area contributed by atoms with E-state index in [1.165, 1.54) is 59.0 Å². The van der Waals surface area contributed by atoms with Crippen molar-refractivity contribution in [2.75, 3.05) is 38.6 Å². The average Bonchev–Trinajstić information content (AvgIpc) is 2.74. The predicted molar refractivity (Wildman–Crippen MR) is 111 cm³/mol. The maximum atomic E-state index is 12.9. The van der Waals surface area contributed by atoms with Crippen LogP contribution in [0.4, 0.5) is 5.69 Å². The third-order valence-corrected chi connectivity index (χ3v) is 8.53. The van der Waals surface area contributed by atoms with E-state index in [1.807, 2.05) is 0 Å². The molecule has 0 unspecified atom stereocenters. The van der Waals surface area contributed by atoms with Gasteiger partial charge in [0, 0.05) is 38.8 Å².